The minimum absolute atomic E-state index is 2.45. The van der Waals surface area contributed by atoms with Gasteiger partial charge in [0.2, 0.25) is 5.41 Å². The van der Waals surface area contributed by atoms with Crippen LogP contribution in [0.4, 0.5) is 35.1 Å². The van der Waals surface area contributed by atoms with Gasteiger partial charge in [0.1, 0.15) is 12.7 Å². The van der Waals surface area contributed by atoms with Gasteiger partial charge in [0.25, 0.3) is 0 Å². The number of aliphatic carboxylic acids is 1. The van der Waals surface area contributed by atoms with Crippen LogP contribution in [0, 0.1) is 5.41 Å². The van der Waals surface area contributed by atoms with Crippen molar-refractivity contribution in [2.75, 3.05) is 6.67 Å². The largest absolute Gasteiger partial charge is 0.480 e. The van der Waals surface area contributed by atoms with Gasteiger partial charge in [0.15, 0.2) is 6.17 Å². The van der Waals surface area contributed by atoms with E-state index in [9.17, 15) is 39.9 Å². The molecule has 0 aromatic carbocycles. The number of halogens is 8. The maximum absolute atomic E-state index is 13.2. The highest BCUT2D eigenvalue weighted by Crippen LogP contribution is 2.54. The summed E-state index contributed by atoms with van der Waals surface area (Å²) >= 11 is 0. The average Bonchev–Trinajstić information content (AvgIpc) is 2.13. The van der Waals surface area contributed by atoms with Crippen LogP contribution < -0.4 is 5.73 Å². The van der Waals surface area contributed by atoms with Crippen molar-refractivity contribution in [3.8, 4) is 0 Å². The monoisotopic (exact) mass is 289 g/mol. The molecular formula is C7H7F8NO2. The zero-order valence-electron chi connectivity index (χ0n) is 8.32. The quantitative estimate of drug-likeness (QED) is 0.776. The third-order valence-electron chi connectivity index (χ3n) is 2.29. The highest BCUT2D eigenvalue weighted by atomic mass is 19.4. The topological polar surface area (TPSA) is 63.3 Å². The lowest BCUT2D eigenvalue weighted by Crippen LogP contribution is -2.63. The van der Waals surface area contributed by atoms with Crippen molar-refractivity contribution in [3.05, 3.63) is 0 Å². The van der Waals surface area contributed by atoms with Gasteiger partial charge in [0.05, 0.1) is 0 Å². The minimum Gasteiger partial charge on any atom is -0.480 e. The molecule has 0 fully saturated rings. The molecule has 108 valence electrons. The molecule has 0 saturated heterocycles. The van der Waals surface area contributed by atoms with Crippen molar-refractivity contribution < 1.29 is 45.0 Å². The SMILES string of the molecule is N[C@H](C(=O)O)C(F)C(CF)(C(F)(F)F)C(F)(F)F. The van der Waals surface area contributed by atoms with Crippen LogP contribution in [-0.4, -0.2) is 42.3 Å². The second-order valence-electron chi connectivity index (χ2n) is 3.37. The zero-order valence-corrected chi connectivity index (χ0v) is 8.32. The van der Waals surface area contributed by atoms with Gasteiger partial charge in [-0.25, -0.2) is 8.78 Å². The third kappa shape index (κ3) is 2.49. The van der Waals surface area contributed by atoms with E-state index in [0.717, 1.165) is 0 Å². The lowest BCUT2D eigenvalue weighted by atomic mass is 9.79. The van der Waals surface area contributed by atoms with Crippen LogP contribution in [0.1, 0.15) is 0 Å². The summed E-state index contributed by atoms with van der Waals surface area (Å²) in [6, 6.07) is -3.16. The van der Waals surface area contributed by atoms with Gasteiger partial charge >= 0.3 is 18.3 Å². The van der Waals surface area contributed by atoms with Crippen LogP contribution in [0.5, 0.6) is 0 Å². The molecule has 0 spiro atoms. The molecule has 0 aromatic heterocycles. The Morgan fingerprint density at radius 2 is 1.44 bits per heavy atom. The highest BCUT2D eigenvalue weighted by molar-refractivity contribution is 5.74. The molecular weight excluding hydrogens is 282 g/mol. The Morgan fingerprint density at radius 3 is 1.61 bits per heavy atom. The number of hydrogen-bond acceptors (Lipinski definition) is 2. The molecule has 2 atom stereocenters. The molecule has 3 N–H and O–H groups in total. The van der Waals surface area contributed by atoms with Crippen molar-refractivity contribution in [3.63, 3.8) is 0 Å². The highest BCUT2D eigenvalue weighted by Gasteiger charge is 2.76. The second-order valence-corrected chi connectivity index (χ2v) is 3.37. The van der Waals surface area contributed by atoms with E-state index in [0.29, 0.717) is 0 Å². The second kappa shape index (κ2) is 4.86. The molecule has 0 amide bonds. The van der Waals surface area contributed by atoms with Gasteiger partial charge in [-0.1, -0.05) is 0 Å². The van der Waals surface area contributed by atoms with Crippen LogP contribution in [0.15, 0.2) is 0 Å². The molecule has 11 heteroatoms. The average molecular weight is 289 g/mol. The van der Waals surface area contributed by atoms with E-state index in [4.69, 9.17) is 5.11 Å². The van der Waals surface area contributed by atoms with Crippen molar-refractivity contribution in [2.24, 2.45) is 11.1 Å². The Kier molecular flexibility index (Phi) is 4.56. The van der Waals surface area contributed by atoms with Crippen LogP contribution in [0.3, 0.4) is 0 Å². The van der Waals surface area contributed by atoms with Gasteiger partial charge in [-0.05, 0) is 0 Å². The van der Waals surface area contributed by atoms with E-state index in [-0.39, 0.29) is 0 Å². The zero-order chi connectivity index (χ0) is 14.9. The fourth-order valence-electron chi connectivity index (χ4n) is 1.13. The first kappa shape index (κ1) is 16.9. The van der Waals surface area contributed by atoms with Crippen molar-refractivity contribution in [2.45, 2.75) is 24.6 Å². The van der Waals surface area contributed by atoms with Crippen LogP contribution in [-0.2, 0) is 4.79 Å². The van der Waals surface area contributed by atoms with E-state index in [1.807, 2.05) is 0 Å². The summed E-state index contributed by atoms with van der Waals surface area (Å²) in [5.41, 5.74) is -1.09. The smallest absolute Gasteiger partial charge is 0.408 e. The van der Waals surface area contributed by atoms with Crippen molar-refractivity contribution >= 4 is 5.97 Å². The number of carboxylic acid groups (broad SMARTS) is 1. The summed E-state index contributed by atoms with van der Waals surface area (Å²) in [7, 11) is 0. The molecule has 0 aliphatic rings. The van der Waals surface area contributed by atoms with Gasteiger partial charge < -0.3 is 10.8 Å². The normalized spacial score (nSPS) is 17.4. The number of carboxylic acids is 1. The predicted octanol–water partition coefficient (Wildman–Crippen LogP) is 1.82. The molecule has 0 aromatic rings. The lowest BCUT2D eigenvalue weighted by Gasteiger charge is -2.38. The maximum Gasteiger partial charge on any atom is 0.408 e. The molecule has 0 aliphatic carbocycles. The summed E-state index contributed by atoms with van der Waals surface area (Å²) in [5, 5.41) is 8.12. The number of hydrogen-bond donors (Lipinski definition) is 2. The Morgan fingerprint density at radius 1 is 1.11 bits per heavy atom. The van der Waals surface area contributed by atoms with E-state index < -0.39 is 42.6 Å². The predicted molar refractivity (Wildman–Crippen MR) is 41.0 cm³/mol. The molecule has 0 rings (SSSR count). The lowest BCUT2D eigenvalue weighted by molar-refractivity contribution is -0.362. The first-order valence-electron chi connectivity index (χ1n) is 4.14. The maximum atomic E-state index is 13.2. The van der Waals surface area contributed by atoms with E-state index in [1.165, 1.54) is 0 Å². The molecule has 3 nitrogen and oxygen atoms in total. The standard InChI is InChI=1S/C7H7F8NO2/c8-1-5(6(10,11)12,7(13,14)15)3(9)2(16)4(17)18/h2-3H,1,16H2,(H,17,18)/t2-,3?/m0/s1. The third-order valence-corrected chi connectivity index (χ3v) is 2.29. The van der Waals surface area contributed by atoms with Crippen LogP contribution in [0.2, 0.25) is 0 Å². The Labute approximate surface area is 94.5 Å². The summed E-state index contributed by atoms with van der Waals surface area (Å²) in [5.74, 6) is -2.45. The first-order chi connectivity index (χ1) is 7.83. The van der Waals surface area contributed by atoms with E-state index in [2.05, 4.69) is 5.73 Å². The Hall–Kier alpha value is -1.13. The van der Waals surface area contributed by atoms with Gasteiger partial charge in [-0.2, -0.15) is 26.3 Å². The molecule has 0 radical (unpaired) electrons. The summed E-state index contributed by atoms with van der Waals surface area (Å²) in [4.78, 5) is 10.1. The van der Waals surface area contributed by atoms with Crippen molar-refractivity contribution in [1.29, 1.82) is 0 Å². The summed E-state index contributed by atoms with van der Waals surface area (Å²) in [6.45, 7) is -3.21. The van der Waals surface area contributed by atoms with E-state index >= 15 is 0 Å². The fourth-order valence-corrected chi connectivity index (χ4v) is 1.13. The van der Waals surface area contributed by atoms with Crippen LogP contribution >= 0.6 is 0 Å². The van der Waals surface area contributed by atoms with Gasteiger partial charge in [-0.3, -0.25) is 4.79 Å². The Bertz CT molecular complexity index is 298. The fraction of sp³-hybridized carbons (Fsp3) is 0.857. The molecule has 0 saturated carbocycles. The molecule has 1 unspecified atom stereocenters. The molecule has 0 bridgehead atoms. The minimum atomic E-state index is -6.38. The number of alkyl halides is 8. The van der Waals surface area contributed by atoms with Gasteiger partial charge in [-0.15, -0.1) is 0 Å². The summed E-state index contributed by atoms with van der Waals surface area (Å²) in [6.07, 6.45) is -17.0. The summed E-state index contributed by atoms with van der Waals surface area (Å²) < 4.78 is 99.2. The number of rotatable bonds is 4. The Balaban J connectivity index is 5.84. The molecule has 0 heterocycles. The first-order valence-corrected chi connectivity index (χ1v) is 4.14. The molecule has 18 heavy (non-hydrogen) atoms. The molecule has 0 aliphatic heterocycles. The van der Waals surface area contributed by atoms with Crippen molar-refractivity contribution in [1.82, 2.24) is 0 Å². The number of nitrogens with two attached hydrogens (primary N) is 1. The number of carbonyl (C=O) groups is 1. The van der Waals surface area contributed by atoms with E-state index in [1.54, 1.807) is 0 Å². The van der Waals surface area contributed by atoms with Crippen LogP contribution in [0.25, 0.3) is 0 Å². The van der Waals surface area contributed by atoms with Gasteiger partial charge in [0, 0.05) is 0 Å².